The number of hydrogen-bond donors (Lipinski definition) is 0. The van der Waals surface area contributed by atoms with Crippen LogP contribution in [0.4, 0.5) is 5.69 Å². The van der Waals surface area contributed by atoms with Gasteiger partial charge in [-0.2, -0.15) is 0 Å². The summed E-state index contributed by atoms with van der Waals surface area (Å²) in [5.41, 5.74) is 5.05. The third kappa shape index (κ3) is 3.86. The van der Waals surface area contributed by atoms with Gasteiger partial charge in [-0.3, -0.25) is 4.98 Å². The van der Waals surface area contributed by atoms with E-state index in [0.717, 1.165) is 61.8 Å². The van der Waals surface area contributed by atoms with Crippen LogP contribution in [0.25, 0.3) is 10.9 Å². The minimum absolute atomic E-state index is 0.442. The van der Waals surface area contributed by atoms with Crippen molar-refractivity contribution < 1.29 is 9.53 Å². The van der Waals surface area contributed by atoms with E-state index in [4.69, 9.17) is 4.74 Å². The summed E-state index contributed by atoms with van der Waals surface area (Å²) in [5.74, 6) is 1.34. The number of carbonyl (C=O) groups excluding carboxylic acids is 1. The summed E-state index contributed by atoms with van der Waals surface area (Å²) in [6, 6.07) is 17.2. The number of likely N-dealkylation sites (tertiary alicyclic amines) is 1. The summed E-state index contributed by atoms with van der Waals surface area (Å²) in [5, 5.41) is 1.11. The molecule has 0 spiro atoms. The van der Waals surface area contributed by atoms with E-state index in [1.54, 1.807) is 0 Å². The van der Waals surface area contributed by atoms with E-state index in [1.165, 1.54) is 16.8 Å². The minimum Gasteiger partial charge on any atom is -0.491 e. The van der Waals surface area contributed by atoms with Gasteiger partial charge in [0, 0.05) is 48.9 Å². The number of aromatic nitrogens is 1. The van der Waals surface area contributed by atoms with Crippen LogP contribution in [0, 0.1) is 0 Å². The molecule has 3 heterocycles. The van der Waals surface area contributed by atoms with Crippen molar-refractivity contribution in [2.45, 2.75) is 38.1 Å². The van der Waals surface area contributed by atoms with Crippen molar-refractivity contribution in [3.63, 3.8) is 0 Å². The number of fused-ring (bicyclic) bond motifs is 4. The molecule has 2 aliphatic rings. The number of anilines is 1. The van der Waals surface area contributed by atoms with E-state index in [1.807, 2.05) is 24.4 Å². The topological polar surface area (TPSA) is 45.7 Å². The standard InChI is InChI=1S/C27H31N3O2/c1-2-20-7-3-10-22-23-19-29(15-12-24(23)30(16-17-31)27(20)22)14-6-18-32-25-11-4-8-21-9-5-13-28-26(21)25/h3-5,7-11,13,17,23-24H,2,6,12,14-16,18-19H2,1H3. The molecule has 2 unspecified atom stereocenters. The van der Waals surface area contributed by atoms with Crippen LogP contribution in [0.2, 0.25) is 0 Å². The second-order valence-electron chi connectivity index (χ2n) is 8.82. The Morgan fingerprint density at radius 3 is 2.91 bits per heavy atom. The number of pyridine rings is 1. The Morgan fingerprint density at radius 1 is 1.16 bits per heavy atom. The molecule has 0 radical (unpaired) electrons. The second kappa shape index (κ2) is 9.29. The Labute approximate surface area is 190 Å². The fourth-order valence-electron chi connectivity index (χ4n) is 5.57. The van der Waals surface area contributed by atoms with E-state index in [-0.39, 0.29) is 0 Å². The third-order valence-electron chi connectivity index (χ3n) is 7.02. The Morgan fingerprint density at radius 2 is 2.03 bits per heavy atom. The molecule has 0 saturated carbocycles. The zero-order valence-electron chi connectivity index (χ0n) is 18.7. The molecule has 3 aromatic rings. The normalized spacial score (nSPS) is 20.2. The van der Waals surface area contributed by atoms with E-state index in [2.05, 4.69) is 52.0 Å². The number of piperidine rings is 1. The third-order valence-corrected chi connectivity index (χ3v) is 7.02. The Hall–Kier alpha value is -2.92. The average molecular weight is 430 g/mol. The molecule has 5 nitrogen and oxygen atoms in total. The monoisotopic (exact) mass is 429 g/mol. The van der Waals surface area contributed by atoms with Gasteiger partial charge in [-0.15, -0.1) is 0 Å². The molecule has 5 heteroatoms. The van der Waals surface area contributed by atoms with Gasteiger partial charge in [-0.25, -0.2) is 0 Å². The van der Waals surface area contributed by atoms with Crippen molar-refractivity contribution in [3.8, 4) is 5.75 Å². The molecule has 5 rings (SSSR count). The number of ether oxygens (including phenoxy) is 1. The maximum atomic E-state index is 11.4. The molecule has 0 bridgehead atoms. The highest BCUT2D eigenvalue weighted by Gasteiger charge is 2.42. The highest BCUT2D eigenvalue weighted by Crippen LogP contribution is 2.46. The number of rotatable bonds is 8. The van der Waals surface area contributed by atoms with Gasteiger partial charge < -0.3 is 19.3 Å². The Balaban J connectivity index is 1.22. The lowest BCUT2D eigenvalue weighted by atomic mass is 9.88. The van der Waals surface area contributed by atoms with Crippen molar-refractivity contribution in [1.82, 2.24) is 9.88 Å². The predicted octanol–water partition coefficient (Wildman–Crippen LogP) is 4.44. The highest BCUT2D eigenvalue weighted by atomic mass is 16.5. The molecular weight excluding hydrogens is 398 g/mol. The first-order chi connectivity index (χ1) is 15.8. The number of benzene rings is 2. The average Bonchev–Trinajstić information content (AvgIpc) is 3.15. The fourth-order valence-corrected chi connectivity index (χ4v) is 5.57. The van der Waals surface area contributed by atoms with E-state index >= 15 is 0 Å². The van der Waals surface area contributed by atoms with Crippen molar-refractivity contribution in [3.05, 3.63) is 65.9 Å². The van der Waals surface area contributed by atoms with Gasteiger partial charge in [0.2, 0.25) is 0 Å². The van der Waals surface area contributed by atoms with Gasteiger partial charge in [-0.05, 0) is 42.5 Å². The summed E-state index contributed by atoms with van der Waals surface area (Å²) < 4.78 is 6.10. The smallest absolute Gasteiger partial charge is 0.145 e. The van der Waals surface area contributed by atoms with Crippen molar-refractivity contribution in [2.75, 3.05) is 37.7 Å². The van der Waals surface area contributed by atoms with Gasteiger partial charge in [0.1, 0.15) is 17.6 Å². The molecule has 166 valence electrons. The van der Waals surface area contributed by atoms with Gasteiger partial charge in [0.05, 0.1) is 13.2 Å². The summed E-state index contributed by atoms with van der Waals surface area (Å²) in [4.78, 5) is 20.8. The number of aldehydes is 1. The van der Waals surface area contributed by atoms with Crippen molar-refractivity contribution in [2.24, 2.45) is 0 Å². The predicted molar refractivity (Wildman–Crippen MR) is 129 cm³/mol. The van der Waals surface area contributed by atoms with Crippen LogP contribution in [0.1, 0.15) is 36.8 Å². The first-order valence-corrected chi connectivity index (χ1v) is 11.8. The second-order valence-corrected chi connectivity index (χ2v) is 8.82. The number of nitrogens with zero attached hydrogens (tertiary/aromatic N) is 3. The summed E-state index contributed by atoms with van der Waals surface area (Å²) in [6.07, 6.45) is 5.97. The molecule has 2 atom stereocenters. The first-order valence-electron chi connectivity index (χ1n) is 11.8. The van der Waals surface area contributed by atoms with E-state index in [0.29, 0.717) is 25.1 Å². The molecule has 2 aromatic carbocycles. The van der Waals surface area contributed by atoms with Crippen LogP contribution >= 0.6 is 0 Å². The van der Waals surface area contributed by atoms with Gasteiger partial charge >= 0.3 is 0 Å². The molecular formula is C27H31N3O2. The lowest BCUT2D eigenvalue weighted by molar-refractivity contribution is -0.106. The molecule has 1 fully saturated rings. The van der Waals surface area contributed by atoms with Crippen LogP contribution < -0.4 is 9.64 Å². The van der Waals surface area contributed by atoms with Gasteiger partial charge in [0.25, 0.3) is 0 Å². The number of aryl methyl sites for hydroxylation is 1. The van der Waals surface area contributed by atoms with Crippen LogP contribution in [0.3, 0.4) is 0 Å². The minimum atomic E-state index is 0.442. The van der Waals surface area contributed by atoms with Crippen LogP contribution in [-0.4, -0.2) is 55.0 Å². The lowest BCUT2D eigenvalue weighted by Crippen LogP contribution is -2.47. The quantitative estimate of drug-likeness (QED) is 0.391. The van der Waals surface area contributed by atoms with Crippen molar-refractivity contribution in [1.29, 1.82) is 0 Å². The Bertz CT molecular complexity index is 1090. The van der Waals surface area contributed by atoms with E-state index < -0.39 is 0 Å². The molecule has 1 saturated heterocycles. The lowest BCUT2D eigenvalue weighted by Gasteiger charge is -2.38. The molecule has 0 N–H and O–H groups in total. The first kappa shape index (κ1) is 21.0. The molecule has 0 aliphatic carbocycles. The molecule has 2 aliphatic heterocycles. The highest BCUT2D eigenvalue weighted by molar-refractivity contribution is 5.84. The molecule has 1 aromatic heterocycles. The van der Waals surface area contributed by atoms with Crippen molar-refractivity contribution >= 4 is 22.9 Å². The number of hydrogen-bond acceptors (Lipinski definition) is 5. The maximum absolute atomic E-state index is 11.4. The van der Waals surface area contributed by atoms with Crippen LogP contribution in [0.5, 0.6) is 5.75 Å². The molecule has 32 heavy (non-hydrogen) atoms. The van der Waals surface area contributed by atoms with E-state index in [9.17, 15) is 4.79 Å². The van der Waals surface area contributed by atoms with Crippen LogP contribution in [-0.2, 0) is 11.2 Å². The molecule has 0 amide bonds. The Kier molecular flexibility index (Phi) is 6.08. The largest absolute Gasteiger partial charge is 0.491 e. The zero-order chi connectivity index (χ0) is 21.9. The zero-order valence-corrected chi connectivity index (χ0v) is 18.7. The van der Waals surface area contributed by atoms with Crippen LogP contribution in [0.15, 0.2) is 54.7 Å². The summed E-state index contributed by atoms with van der Waals surface area (Å²) >= 11 is 0. The maximum Gasteiger partial charge on any atom is 0.145 e. The van der Waals surface area contributed by atoms with Gasteiger partial charge in [0.15, 0.2) is 0 Å². The summed E-state index contributed by atoms with van der Waals surface area (Å²) in [7, 11) is 0. The fraction of sp³-hybridized carbons (Fsp3) is 0.407. The number of para-hydroxylation sites is 2. The number of carbonyl (C=O) groups is 1. The summed E-state index contributed by atoms with van der Waals surface area (Å²) in [6.45, 7) is 6.54. The van der Waals surface area contributed by atoms with Gasteiger partial charge in [-0.1, -0.05) is 43.3 Å². The SMILES string of the molecule is CCc1cccc2c1N(CC=O)C1CCN(CCCOc3cccc4cccnc34)CC21.